The first-order valence-corrected chi connectivity index (χ1v) is 24.6. The molecule has 12 rings (SSSR count). The summed E-state index contributed by atoms with van der Waals surface area (Å²) in [5.41, 5.74) is 21.1. The first-order chi connectivity index (χ1) is 34.4. The predicted octanol–water partition coefficient (Wildman–Crippen LogP) is 16.1. The van der Waals surface area contributed by atoms with E-state index in [0.717, 1.165) is 55.9 Å². The third-order valence-electron chi connectivity index (χ3n) is 14.9. The molecule has 3 heteroatoms. The van der Waals surface area contributed by atoms with E-state index < -0.39 is 10.8 Å². The van der Waals surface area contributed by atoms with E-state index in [9.17, 15) is 0 Å². The third-order valence-corrected chi connectivity index (χ3v) is 14.9. The maximum atomic E-state index is 5.20. The van der Waals surface area contributed by atoms with Crippen molar-refractivity contribution in [3.8, 4) is 22.3 Å². The molecule has 0 radical (unpaired) electrons. The number of hydrogen-bond acceptors (Lipinski definition) is 2. The maximum Gasteiger partial charge on any atom is 2.00 e. The van der Waals surface area contributed by atoms with Gasteiger partial charge in [-0.2, -0.15) is 0 Å². The van der Waals surface area contributed by atoms with Crippen LogP contribution in [0.3, 0.4) is 0 Å². The topological polar surface area (TPSA) is 25.8 Å². The minimum absolute atomic E-state index is 0. The molecule has 10 aromatic rings. The van der Waals surface area contributed by atoms with Gasteiger partial charge in [0.05, 0.1) is 22.2 Å². The number of pyridine rings is 2. The molecule has 344 valence electrons. The SMILES string of the molecule is CC(C)c1ccc(C(=C(c2[c-]c(C3(c4ccccn4)c4ccccc4-c4ccccc43)ccc2)c2[c-]c(C3(c4ccccn4)c4ccccc4-c4ccccc43)ccc2)c2ccc(C(C)C)cc2)cc1.[Pt+2]. The molecule has 0 bridgehead atoms. The van der Waals surface area contributed by atoms with Crippen LogP contribution in [0.4, 0.5) is 0 Å². The Balaban J connectivity index is 0.00000547. The van der Waals surface area contributed by atoms with Gasteiger partial charge in [0.15, 0.2) is 0 Å². The molecule has 2 heterocycles. The van der Waals surface area contributed by atoms with Crippen LogP contribution in [-0.4, -0.2) is 9.97 Å². The van der Waals surface area contributed by atoms with Crippen molar-refractivity contribution < 1.29 is 21.1 Å². The molecular formula is C68H52N2Pt. The van der Waals surface area contributed by atoms with Gasteiger partial charge in [0.2, 0.25) is 0 Å². The van der Waals surface area contributed by atoms with Crippen molar-refractivity contribution in [1.82, 2.24) is 9.97 Å². The summed E-state index contributed by atoms with van der Waals surface area (Å²) >= 11 is 0. The van der Waals surface area contributed by atoms with E-state index in [-0.39, 0.29) is 21.1 Å². The first-order valence-electron chi connectivity index (χ1n) is 24.6. The first kappa shape index (κ1) is 45.9. The Hall–Kier alpha value is -7.51. The Bertz CT molecular complexity index is 3260. The summed E-state index contributed by atoms with van der Waals surface area (Å²) in [4.78, 5) is 10.4. The quantitative estimate of drug-likeness (QED) is 0.101. The van der Waals surface area contributed by atoms with Crippen LogP contribution in [0.5, 0.6) is 0 Å². The molecular weight excluding hydrogens is 1040 g/mol. The number of aromatic nitrogens is 2. The Labute approximate surface area is 433 Å². The monoisotopic (exact) mass is 1090 g/mol. The number of nitrogens with zero attached hydrogens (tertiary/aromatic N) is 2. The summed E-state index contributed by atoms with van der Waals surface area (Å²) < 4.78 is 0. The summed E-state index contributed by atoms with van der Waals surface area (Å²) in [6.45, 7) is 9.04. The molecule has 8 aromatic carbocycles. The molecule has 0 atom stereocenters. The van der Waals surface area contributed by atoms with Gasteiger partial charge < -0.3 is 0 Å². The molecule has 0 unspecified atom stereocenters. The molecule has 0 saturated carbocycles. The van der Waals surface area contributed by atoms with Gasteiger partial charge >= 0.3 is 21.1 Å². The second kappa shape index (κ2) is 18.7. The van der Waals surface area contributed by atoms with Crippen LogP contribution in [0.15, 0.2) is 231 Å². The maximum absolute atomic E-state index is 5.20. The Morgan fingerprint density at radius 1 is 0.352 bits per heavy atom. The van der Waals surface area contributed by atoms with Crippen molar-refractivity contribution in [3.63, 3.8) is 0 Å². The van der Waals surface area contributed by atoms with E-state index in [1.165, 1.54) is 55.6 Å². The fourth-order valence-electron chi connectivity index (χ4n) is 11.7. The Morgan fingerprint density at radius 2 is 0.690 bits per heavy atom. The molecule has 2 nitrogen and oxygen atoms in total. The van der Waals surface area contributed by atoms with Gasteiger partial charge in [-0.1, -0.05) is 185 Å². The fourth-order valence-corrected chi connectivity index (χ4v) is 11.7. The number of hydrogen-bond donors (Lipinski definition) is 0. The van der Waals surface area contributed by atoms with E-state index in [1.54, 1.807) is 0 Å². The van der Waals surface area contributed by atoms with Crippen molar-refractivity contribution in [2.24, 2.45) is 0 Å². The van der Waals surface area contributed by atoms with E-state index in [4.69, 9.17) is 9.97 Å². The van der Waals surface area contributed by atoms with Crippen LogP contribution in [0.25, 0.3) is 33.4 Å². The molecule has 0 amide bonds. The zero-order valence-electron chi connectivity index (χ0n) is 40.3. The van der Waals surface area contributed by atoms with Gasteiger partial charge in [0.1, 0.15) is 0 Å². The van der Waals surface area contributed by atoms with Crippen molar-refractivity contribution in [2.75, 3.05) is 0 Å². The minimum atomic E-state index is -0.737. The summed E-state index contributed by atoms with van der Waals surface area (Å²) in [6, 6.07) is 88.3. The van der Waals surface area contributed by atoms with Gasteiger partial charge in [0, 0.05) is 12.4 Å². The zero-order valence-corrected chi connectivity index (χ0v) is 42.6. The predicted molar refractivity (Wildman–Crippen MR) is 287 cm³/mol. The van der Waals surface area contributed by atoms with E-state index in [1.807, 2.05) is 24.5 Å². The minimum Gasteiger partial charge on any atom is -0.260 e. The molecule has 2 aliphatic rings. The van der Waals surface area contributed by atoms with Crippen LogP contribution in [0.1, 0.15) is 118 Å². The second-order valence-electron chi connectivity index (χ2n) is 19.4. The van der Waals surface area contributed by atoms with E-state index >= 15 is 0 Å². The fraction of sp³-hybridized carbons (Fsp3) is 0.118. The van der Waals surface area contributed by atoms with Crippen molar-refractivity contribution in [3.05, 3.63) is 321 Å². The van der Waals surface area contributed by atoms with E-state index in [0.29, 0.717) is 11.8 Å². The van der Waals surface area contributed by atoms with Crippen LogP contribution >= 0.6 is 0 Å². The molecule has 71 heavy (non-hydrogen) atoms. The number of benzene rings is 8. The third kappa shape index (κ3) is 7.34. The normalized spacial score (nSPS) is 13.4. The zero-order chi connectivity index (χ0) is 47.4. The van der Waals surface area contributed by atoms with Crippen molar-refractivity contribution >= 4 is 11.1 Å². The summed E-state index contributed by atoms with van der Waals surface area (Å²) in [7, 11) is 0. The second-order valence-corrected chi connectivity index (χ2v) is 19.4. The van der Waals surface area contributed by atoms with Crippen LogP contribution in [0, 0.1) is 12.1 Å². The van der Waals surface area contributed by atoms with Gasteiger partial charge in [-0.25, -0.2) is 0 Å². The van der Waals surface area contributed by atoms with Gasteiger partial charge in [-0.05, 0) is 108 Å². The molecule has 0 spiro atoms. The van der Waals surface area contributed by atoms with Crippen LogP contribution in [-0.2, 0) is 31.9 Å². The average Bonchev–Trinajstić information content (AvgIpc) is 3.90. The molecule has 0 aliphatic heterocycles. The molecule has 0 saturated heterocycles. The van der Waals surface area contributed by atoms with Crippen molar-refractivity contribution in [2.45, 2.75) is 50.4 Å². The molecule has 0 N–H and O–H groups in total. The molecule has 2 aliphatic carbocycles. The molecule has 2 aromatic heterocycles. The van der Waals surface area contributed by atoms with E-state index in [2.05, 4.69) is 246 Å². The molecule has 0 fully saturated rings. The summed E-state index contributed by atoms with van der Waals surface area (Å²) in [6.07, 6.45) is 3.85. The van der Waals surface area contributed by atoms with Gasteiger partial charge in [-0.15, -0.1) is 76.4 Å². The van der Waals surface area contributed by atoms with Gasteiger partial charge in [0.25, 0.3) is 0 Å². The Kier molecular flexibility index (Phi) is 12.1. The summed E-state index contributed by atoms with van der Waals surface area (Å²) in [5.74, 6) is 0.780. The summed E-state index contributed by atoms with van der Waals surface area (Å²) in [5, 5.41) is 0. The average molecular weight is 1090 g/mol. The van der Waals surface area contributed by atoms with Crippen molar-refractivity contribution in [1.29, 1.82) is 0 Å². The number of rotatable bonds is 10. The largest absolute Gasteiger partial charge is 2.00 e. The smallest absolute Gasteiger partial charge is 0.260 e. The standard InChI is InChI=1S/C68H52N2.Pt/c1-45(2)47-33-37-49(38-34-47)65(50-39-35-48(36-40-50)46(3)4)66(51-19-17-21-53(43-51)67(63-31-13-15-41-69-63)59-27-9-5-23-55(59)56-24-6-10-28-60(56)67)52-20-18-22-54(44-52)68(64-32-14-16-42-70-64)61-29-11-7-25-57(61)58-26-8-12-30-62(58)68;/h5-42,45-46H,1-4H3;/q-2;+2. The van der Waals surface area contributed by atoms with Crippen LogP contribution < -0.4 is 0 Å². The Morgan fingerprint density at radius 3 is 1.01 bits per heavy atom. The van der Waals surface area contributed by atoms with Gasteiger partial charge in [-0.3, -0.25) is 9.97 Å². The van der Waals surface area contributed by atoms with Crippen LogP contribution in [0.2, 0.25) is 0 Å². The number of fused-ring (bicyclic) bond motifs is 6.